The van der Waals surface area contributed by atoms with E-state index in [1.54, 1.807) is 13.3 Å². The first-order chi connectivity index (χ1) is 8.97. The van der Waals surface area contributed by atoms with Gasteiger partial charge in [0.2, 0.25) is 0 Å². The fourth-order valence-electron chi connectivity index (χ4n) is 1.96. The molecule has 0 aliphatic heterocycles. The van der Waals surface area contributed by atoms with Gasteiger partial charge in [-0.25, -0.2) is 0 Å². The van der Waals surface area contributed by atoms with E-state index in [-0.39, 0.29) is 5.41 Å². The van der Waals surface area contributed by atoms with Gasteiger partial charge in [0.1, 0.15) is 11.5 Å². The number of rotatable bonds is 5. The third kappa shape index (κ3) is 3.09. The van der Waals surface area contributed by atoms with E-state index in [0.29, 0.717) is 11.8 Å². The highest BCUT2D eigenvalue weighted by molar-refractivity contribution is 5.85. The van der Waals surface area contributed by atoms with Crippen LogP contribution < -0.4 is 4.74 Å². The van der Waals surface area contributed by atoms with Crippen LogP contribution >= 0.6 is 0 Å². The quantitative estimate of drug-likeness (QED) is 0.822. The molecule has 104 valence electrons. The topological polar surface area (TPSA) is 41.8 Å². The van der Waals surface area contributed by atoms with E-state index in [2.05, 4.69) is 25.8 Å². The third-order valence-corrected chi connectivity index (χ3v) is 3.93. The maximum absolute atomic E-state index is 10.5. The number of nitrogens with zero attached hydrogens (tertiary/aromatic N) is 1. The average Bonchev–Trinajstić information content (AvgIpc) is 3.21. The van der Waals surface area contributed by atoms with Crippen LogP contribution in [0.1, 0.15) is 51.2 Å². The minimum Gasteiger partial charge on any atom is -0.507 e. The molecule has 3 heteroatoms. The second-order valence-corrected chi connectivity index (χ2v) is 5.86. The van der Waals surface area contributed by atoms with Crippen LogP contribution in [0.15, 0.2) is 17.1 Å². The molecule has 1 aliphatic carbocycles. The number of benzene rings is 1. The van der Waals surface area contributed by atoms with Crippen LogP contribution in [0.4, 0.5) is 0 Å². The van der Waals surface area contributed by atoms with Crippen molar-refractivity contribution in [1.29, 1.82) is 0 Å². The van der Waals surface area contributed by atoms with Crippen molar-refractivity contribution >= 4 is 6.21 Å². The van der Waals surface area contributed by atoms with Gasteiger partial charge in [-0.3, -0.25) is 4.99 Å². The lowest BCUT2D eigenvalue weighted by molar-refractivity contribution is 0.400. The second-order valence-electron chi connectivity index (χ2n) is 5.86. The molecule has 3 nitrogen and oxygen atoms in total. The maximum Gasteiger partial charge on any atom is 0.128 e. The summed E-state index contributed by atoms with van der Waals surface area (Å²) in [6, 6.07) is 4.22. The van der Waals surface area contributed by atoms with Gasteiger partial charge in [0, 0.05) is 17.3 Å². The summed E-state index contributed by atoms with van der Waals surface area (Å²) in [5, 5.41) is 10.5. The largest absolute Gasteiger partial charge is 0.507 e. The SMILES string of the molecule is CCC(C)(C)c1cc(OC)cc(C=NC2CC2)c1O. The number of hydrogen-bond acceptors (Lipinski definition) is 3. The Balaban J connectivity index is 2.44. The number of hydrogen-bond donors (Lipinski definition) is 1. The summed E-state index contributed by atoms with van der Waals surface area (Å²) in [6.07, 6.45) is 5.06. The number of ether oxygens (including phenoxy) is 1. The van der Waals surface area contributed by atoms with Crippen molar-refractivity contribution in [2.24, 2.45) is 4.99 Å². The van der Waals surface area contributed by atoms with E-state index in [9.17, 15) is 5.11 Å². The van der Waals surface area contributed by atoms with Gasteiger partial charge in [-0.15, -0.1) is 0 Å². The van der Waals surface area contributed by atoms with Gasteiger partial charge < -0.3 is 9.84 Å². The van der Waals surface area contributed by atoms with Crippen molar-refractivity contribution in [1.82, 2.24) is 0 Å². The zero-order chi connectivity index (χ0) is 14.0. The van der Waals surface area contributed by atoms with Gasteiger partial charge in [-0.1, -0.05) is 20.8 Å². The van der Waals surface area contributed by atoms with E-state index in [0.717, 1.165) is 36.1 Å². The zero-order valence-electron chi connectivity index (χ0n) is 12.2. The summed E-state index contributed by atoms with van der Waals surface area (Å²) in [5.74, 6) is 1.10. The number of aliphatic imine (C=N–C) groups is 1. The van der Waals surface area contributed by atoms with Crippen molar-refractivity contribution in [3.8, 4) is 11.5 Å². The molecule has 0 radical (unpaired) electrons. The maximum atomic E-state index is 10.5. The van der Waals surface area contributed by atoms with Gasteiger partial charge in [-0.2, -0.15) is 0 Å². The van der Waals surface area contributed by atoms with Gasteiger partial charge in [0.25, 0.3) is 0 Å². The average molecular weight is 261 g/mol. The Labute approximate surface area is 115 Å². The molecule has 1 saturated carbocycles. The second kappa shape index (κ2) is 5.24. The normalized spacial score (nSPS) is 16.0. The summed E-state index contributed by atoms with van der Waals surface area (Å²) in [4.78, 5) is 4.45. The summed E-state index contributed by atoms with van der Waals surface area (Å²) >= 11 is 0. The predicted octanol–water partition coefficient (Wildman–Crippen LogP) is 3.67. The van der Waals surface area contributed by atoms with Crippen LogP contribution in [0.3, 0.4) is 0 Å². The molecule has 0 atom stereocenters. The molecule has 1 fully saturated rings. The van der Waals surface area contributed by atoms with Gasteiger partial charge in [0.05, 0.1) is 13.2 Å². The number of aromatic hydroxyl groups is 1. The van der Waals surface area contributed by atoms with Crippen LogP contribution in [-0.2, 0) is 5.41 Å². The molecule has 0 unspecified atom stereocenters. The van der Waals surface area contributed by atoms with E-state index >= 15 is 0 Å². The molecule has 19 heavy (non-hydrogen) atoms. The Morgan fingerprint density at radius 2 is 2.11 bits per heavy atom. The van der Waals surface area contributed by atoms with E-state index in [1.165, 1.54) is 0 Å². The molecule has 0 aromatic heterocycles. The monoisotopic (exact) mass is 261 g/mol. The Bertz CT molecular complexity index is 488. The highest BCUT2D eigenvalue weighted by Crippen LogP contribution is 2.38. The first-order valence-corrected chi connectivity index (χ1v) is 6.92. The van der Waals surface area contributed by atoms with E-state index in [4.69, 9.17) is 4.74 Å². The molecule has 0 heterocycles. The minimum absolute atomic E-state index is 0.0825. The molecule has 1 aliphatic rings. The first-order valence-electron chi connectivity index (χ1n) is 6.92. The Hall–Kier alpha value is -1.51. The zero-order valence-corrected chi connectivity index (χ0v) is 12.2. The number of phenols is 1. The Morgan fingerprint density at radius 1 is 1.42 bits per heavy atom. The highest BCUT2D eigenvalue weighted by Gasteiger charge is 2.25. The predicted molar refractivity (Wildman–Crippen MR) is 78.6 cm³/mol. The fourth-order valence-corrected chi connectivity index (χ4v) is 1.96. The molecular formula is C16H23NO2. The molecule has 1 aromatic carbocycles. The number of phenolic OH excluding ortho intramolecular Hbond substituents is 1. The molecule has 0 spiro atoms. The smallest absolute Gasteiger partial charge is 0.128 e. The lowest BCUT2D eigenvalue weighted by atomic mass is 9.81. The summed E-state index contributed by atoms with van der Waals surface area (Å²) < 4.78 is 5.34. The highest BCUT2D eigenvalue weighted by atomic mass is 16.5. The molecule has 0 bridgehead atoms. The van der Waals surface area contributed by atoms with Gasteiger partial charge in [-0.05, 0) is 36.8 Å². The van der Waals surface area contributed by atoms with Gasteiger partial charge >= 0.3 is 0 Å². The molecule has 1 aromatic rings. The van der Waals surface area contributed by atoms with E-state index in [1.807, 2.05) is 12.1 Å². The first kappa shape index (κ1) is 13.9. The van der Waals surface area contributed by atoms with Crippen LogP contribution in [-0.4, -0.2) is 24.5 Å². The number of methoxy groups -OCH3 is 1. The molecule has 1 N–H and O–H groups in total. The van der Waals surface area contributed by atoms with Gasteiger partial charge in [0.15, 0.2) is 0 Å². The van der Waals surface area contributed by atoms with Crippen LogP contribution in [0, 0.1) is 0 Å². The third-order valence-electron chi connectivity index (χ3n) is 3.93. The van der Waals surface area contributed by atoms with Crippen molar-refractivity contribution in [2.75, 3.05) is 7.11 Å². The molecule has 0 amide bonds. The summed E-state index contributed by atoms with van der Waals surface area (Å²) in [5.41, 5.74) is 1.59. The summed E-state index contributed by atoms with van der Waals surface area (Å²) in [6.45, 7) is 6.38. The standard InChI is InChI=1S/C16H23NO2/c1-5-16(2,3)14-9-13(19-4)8-11(15(14)18)10-17-12-6-7-12/h8-10,12,18H,5-7H2,1-4H3. The molecule has 0 saturated heterocycles. The fraction of sp³-hybridized carbons (Fsp3) is 0.562. The van der Waals surface area contributed by atoms with Crippen molar-refractivity contribution in [3.63, 3.8) is 0 Å². The van der Waals surface area contributed by atoms with Crippen LogP contribution in [0.25, 0.3) is 0 Å². The van der Waals surface area contributed by atoms with Crippen molar-refractivity contribution in [3.05, 3.63) is 23.3 Å². The minimum atomic E-state index is -0.0825. The van der Waals surface area contributed by atoms with Crippen molar-refractivity contribution < 1.29 is 9.84 Å². The lowest BCUT2D eigenvalue weighted by Crippen LogP contribution is -2.16. The Morgan fingerprint density at radius 3 is 2.63 bits per heavy atom. The molecule has 2 rings (SSSR count). The lowest BCUT2D eigenvalue weighted by Gasteiger charge is -2.25. The van der Waals surface area contributed by atoms with Crippen molar-refractivity contribution in [2.45, 2.75) is 51.5 Å². The van der Waals surface area contributed by atoms with Crippen LogP contribution in [0.2, 0.25) is 0 Å². The summed E-state index contributed by atoms with van der Waals surface area (Å²) in [7, 11) is 1.65. The Kier molecular flexibility index (Phi) is 3.83. The van der Waals surface area contributed by atoms with E-state index < -0.39 is 0 Å². The van der Waals surface area contributed by atoms with Crippen LogP contribution in [0.5, 0.6) is 11.5 Å². The molecular weight excluding hydrogens is 238 g/mol.